The van der Waals surface area contributed by atoms with Crippen molar-refractivity contribution in [3.05, 3.63) is 12.2 Å². The van der Waals surface area contributed by atoms with Crippen molar-refractivity contribution in [2.75, 3.05) is 14.2 Å². The minimum Gasteiger partial charge on any atom is -0.469 e. The van der Waals surface area contributed by atoms with Crippen molar-refractivity contribution in [3.8, 4) is 0 Å². The molecule has 0 N–H and O–H groups in total. The maximum absolute atomic E-state index is 12.3. The van der Waals surface area contributed by atoms with E-state index in [1.54, 1.807) is 0 Å². The van der Waals surface area contributed by atoms with Crippen LogP contribution < -0.4 is 0 Å². The monoisotopic (exact) mass is 308 g/mol. The third-order valence-electron chi connectivity index (χ3n) is 5.65. The number of ether oxygens (including phenoxy) is 2. The summed E-state index contributed by atoms with van der Waals surface area (Å²) in [4.78, 5) is 36.4. The second-order valence-corrected chi connectivity index (χ2v) is 6.84. The molecule has 22 heavy (non-hydrogen) atoms. The molecule has 122 valence electrons. The van der Waals surface area contributed by atoms with Crippen molar-refractivity contribution in [1.29, 1.82) is 0 Å². The number of hydrogen-bond donors (Lipinski definition) is 0. The minimum atomic E-state index is -0.659. The second-order valence-electron chi connectivity index (χ2n) is 6.84. The summed E-state index contributed by atoms with van der Waals surface area (Å²) in [6.45, 7) is 3.91. The Bertz CT molecular complexity index is 523. The molecule has 0 aromatic rings. The predicted octanol–water partition coefficient (Wildman–Crippen LogP) is 2.29. The Hall–Kier alpha value is -1.65. The molecule has 0 aromatic carbocycles. The van der Waals surface area contributed by atoms with Crippen LogP contribution in [0.5, 0.6) is 0 Å². The number of allylic oxidation sites excluding steroid dienone is 2. The summed E-state index contributed by atoms with van der Waals surface area (Å²) >= 11 is 0. The van der Waals surface area contributed by atoms with Gasteiger partial charge in [0.15, 0.2) is 5.78 Å². The van der Waals surface area contributed by atoms with E-state index >= 15 is 0 Å². The van der Waals surface area contributed by atoms with Crippen molar-refractivity contribution in [3.63, 3.8) is 0 Å². The highest BCUT2D eigenvalue weighted by molar-refractivity contribution is 5.96. The molecule has 2 aliphatic rings. The average molecular weight is 308 g/mol. The van der Waals surface area contributed by atoms with Gasteiger partial charge in [-0.25, -0.2) is 0 Å². The Morgan fingerprint density at radius 1 is 1.23 bits per heavy atom. The molecule has 0 amide bonds. The lowest BCUT2D eigenvalue weighted by atomic mass is 9.49. The third kappa shape index (κ3) is 2.46. The van der Waals surface area contributed by atoms with E-state index in [0.29, 0.717) is 0 Å². The van der Waals surface area contributed by atoms with Crippen molar-refractivity contribution < 1.29 is 23.9 Å². The van der Waals surface area contributed by atoms with Crippen LogP contribution in [0.25, 0.3) is 0 Å². The Labute approximate surface area is 131 Å². The first-order valence-electron chi connectivity index (χ1n) is 7.67. The summed E-state index contributed by atoms with van der Waals surface area (Å²) in [7, 11) is 2.72. The van der Waals surface area contributed by atoms with Gasteiger partial charge in [-0.3, -0.25) is 14.4 Å². The van der Waals surface area contributed by atoms with Gasteiger partial charge in [0.1, 0.15) is 0 Å². The van der Waals surface area contributed by atoms with Crippen molar-refractivity contribution in [2.24, 2.45) is 22.7 Å². The normalized spacial score (nSPS) is 37.4. The van der Waals surface area contributed by atoms with Crippen LogP contribution in [-0.4, -0.2) is 31.9 Å². The fourth-order valence-corrected chi connectivity index (χ4v) is 4.38. The summed E-state index contributed by atoms with van der Waals surface area (Å²) in [5.41, 5.74) is -1.09. The van der Waals surface area contributed by atoms with Crippen LogP contribution in [0, 0.1) is 22.7 Å². The lowest BCUT2D eigenvalue weighted by molar-refractivity contribution is -0.166. The summed E-state index contributed by atoms with van der Waals surface area (Å²) in [6, 6.07) is 0. The first-order valence-corrected chi connectivity index (χ1v) is 7.67. The Morgan fingerprint density at radius 2 is 1.91 bits per heavy atom. The largest absolute Gasteiger partial charge is 0.469 e. The second kappa shape index (κ2) is 5.86. The topological polar surface area (TPSA) is 69.7 Å². The average Bonchev–Trinajstić information content (AvgIpc) is 2.49. The molecule has 1 saturated carbocycles. The summed E-state index contributed by atoms with van der Waals surface area (Å²) in [5, 5.41) is 0. The molecule has 2 aliphatic carbocycles. The number of esters is 2. The van der Waals surface area contributed by atoms with Gasteiger partial charge in [0.05, 0.1) is 26.1 Å². The maximum Gasteiger partial charge on any atom is 0.312 e. The van der Waals surface area contributed by atoms with Crippen LogP contribution in [0.3, 0.4) is 0 Å². The number of methoxy groups -OCH3 is 2. The molecule has 5 heteroatoms. The zero-order valence-corrected chi connectivity index (χ0v) is 13.7. The highest BCUT2D eigenvalue weighted by Crippen LogP contribution is 2.58. The molecule has 5 nitrogen and oxygen atoms in total. The maximum atomic E-state index is 12.3. The smallest absolute Gasteiger partial charge is 0.312 e. The molecule has 0 aromatic heterocycles. The van der Waals surface area contributed by atoms with E-state index in [1.165, 1.54) is 20.3 Å². The fraction of sp³-hybridized carbons (Fsp3) is 0.706. The Morgan fingerprint density at radius 3 is 2.50 bits per heavy atom. The van der Waals surface area contributed by atoms with Crippen LogP contribution in [0.1, 0.15) is 39.5 Å². The highest BCUT2D eigenvalue weighted by atomic mass is 16.5. The quantitative estimate of drug-likeness (QED) is 0.748. The lowest BCUT2D eigenvalue weighted by Crippen LogP contribution is -2.54. The van der Waals surface area contributed by atoms with Crippen LogP contribution >= 0.6 is 0 Å². The number of hydrogen-bond acceptors (Lipinski definition) is 5. The van der Waals surface area contributed by atoms with Gasteiger partial charge in [-0.15, -0.1) is 0 Å². The van der Waals surface area contributed by atoms with E-state index in [1.807, 2.05) is 19.9 Å². The number of ketones is 1. The Kier molecular flexibility index (Phi) is 4.45. The predicted molar refractivity (Wildman–Crippen MR) is 79.8 cm³/mol. The third-order valence-corrected chi connectivity index (χ3v) is 5.65. The van der Waals surface area contributed by atoms with Crippen molar-refractivity contribution >= 4 is 17.7 Å². The SMILES string of the molecule is COC(=O)CC1C(=O)C=CC2C(C)(C(=O)OC)CCCC12C. The zero-order valence-electron chi connectivity index (χ0n) is 13.7. The Balaban J connectivity index is 2.43. The van der Waals surface area contributed by atoms with Crippen LogP contribution in [0.4, 0.5) is 0 Å². The molecule has 1 fully saturated rings. The molecule has 4 unspecified atom stereocenters. The van der Waals surface area contributed by atoms with Crippen molar-refractivity contribution in [2.45, 2.75) is 39.5 Å². The molecule has 0 aliphatic heterocycles. The molecular weight excluding hydrogens is 284 g/mol. The van der Waals surface area contributed by atoms with E-state index in [9.17, 15) is 14.4 Å². The molecule has 4 atom stereocenters. The van der Waals surface area contributed by atoms with Gasteiger partial charge in [-0.1, -0.05) is 19.4 Å². The summed E-state index contributed by atoms with van der Waals surface area (Å²) < 4.78 is 9.74. The molecule has 0 saturated heterocycles. The number of rotatable bonds is 3. The number of carbonyl (C=O) groups excluding carboxylic acids is 3. The lowest BCUT2D eigenvalue weighted by Gasteiger charge is -2.53. The van der Waals surface area contributed by atoms with Gasteiger partial charge in [-0.2, -0.15) is 0 Å². The minimum absolute atomic E-state index is 0.0572. The first kappa shape index (κ1) is 16.7. The number of fused-ring (bicyclic) bond motifs is 1. The molecular formula is C17H24O5. The van der Waals surface area contributed by atoms with Crippen LogP contribution in [-0.2, 0) is 23.9 Å². The first-order chi connectivity index (χ1) is 10.3. The van der Waals surface area contributed by atoms with Gasteiger partial charge >= 0.3 is 11.9 Å². The van der Waals surface area contributed by atoms with E-state index in [-0.39, 0.29) is 30.1 Å². The summed E-state index contributed by atoms with van der Waals surface area (Å²) in [5.74, 6) is -1.26. The van der Waals surface area contributed by atoms with E-state index in [0.717, 1.165) is 19.3 Å². The van der Waals surface area contributed by atoms with Gasteiger partial charge < -0.3 is 9.47 Å². The fourth-order valence-electron chi connectivity index (χ4n) is 4.38. The van der Waals surface area contributed by atoms with Crippen molar-refractivity contribution in [1.82, 2.24) is 0 Å². The van der Waals surface area contributed by atoms with E-state index in [2.05, 4.69) is 0 Å². The summed E-state index contributed by atoms with van der Waals surface area (Å²) in [6.07, 6.45) is 5.78. The van der Waals surface area contributed by atoms with E-state index < -0.39 is 16.7 Å². The zero-order chi connectivity index (χ0) is 16.5. The molecule has 0 bridgehead atoms. The van der Waals surface area contributed by atoms with Gasteiger partial charge in [0.2, 0.25) is 0 Å². The van der Waals surface area contributed by atoms with Gasteiger partial charge in [0.25, 0.3) is 0 Å². The van der Waals surface area contributed by atoms with Gasteiger partial charge in [-0.05, 0) is 37.2 Å². The molecule has 0 radical (unpaired) electrons. The van der Waals surface area contributed by atoms with Crippen LogP contribution in [0.2, 0.25) is 0 Å². The molecule has 0 spiro atoms. The molecule has 0 heterocycles. The van der Waals surface area contributed by atoms with E-state index in [4.69, 9.17) is 9.47 Å². The van der Waals surface area contributed by atoms with Crippen LogP contribution in [0.15, 0.2) is 12.2 Å². The molecule has 2 rings (SSSR count). The highest BCUT2D eigenvalue weighted by Gasteiger charge is 2.58. The standard InChI is InChI=1S/C17H24O5/c1-16-8-5-9-17(2,15(20)22-4)13(16)7-6-12(18)11(16)10-14(19)21-3/h6-7,11,13H,5,8-10H2,1-4H3. The number of carbonyl (C=O) groups is 3. The van der Waals surface area contributed by atoms with Gasteiger partial charge in [0, 0.05) is 5.92 Å².